The predicted octanol–water partition coefficient (Wildman–Crippen LogP) is 5.08. The van der Waals surface area contributed by atoms with Crippen LogP contribution in [0.5, 0.6) is 0 Å². The van der Waals surface area contributed by atoms with Gasteiger partial charge in [0.15, 0.2) is 0 Å². The Morgan fingerprint density at radius 3 is 2.74 bits per heavy atom. The smallest absolute Gasteiger partial charge is 0.0595 e. The Kier molecular flexibility index (Phi) is 5.56. The van der Waals surface area contributed by atoms with E-state index in [4.69, 9.17) is 28.9 Å². The maximum Gasteiger partial charge on any atom is 0.0595 e. The van der Waals surface area contributed by atoms with E-state index in [-0.39, 0.29) is 6.04 Å². The molecule has 1 aliphatic rings. The third kappa shape index (κ3) is 4.11. The first-order valence-electron chi connectivity index (χ1n) is 7.29. The second kappa shape index (κ2) is 6.97. The van der Waals surface area contributed by atoms with Crippen molar-refractivity contribution < 1.29 is 0 Å². The van der Waals surface area contributed by atoms with Crippen molar-refractivity contribution in [3.63, 3.8) is 0 Å². The van der Waals surface area contributed by atoms with Gasteiger partial charge in [0.2, 0.25) is 0 Å². The van der Waals surface area contributed by atoms with Crippen molar-refractivity contribution in [2.24, 2.45) is 17.6 Å². The maximum absolute atomic E-state index is 6.41. The zero-order valence-electron chi connectivity index (χ0n) is 11.5. The zero-order valence-corrected chi connectivity index (χ0v) is 13.1. The fourth-order valence-electron chi connectivity index (χ4n) is 3.20. The second-order valence-electron chi connectivity index (χ2n) is 5.82. The molecular formula is C16H23Cl2N. The average Bonchev–Trinajstić information content (AvgIpc) is 2.43. The Hall–Kier alpha value is -0.240. The number of halogens is 2. The van der Waals surface area contributed by atoms with Crippen LogP contribution in [0.4, 0.5) is 0 Å². The van der Waals surface area contributed by atoms with E-state index in [0.29, 0.717) is 16.0 Å². The predicted molar refractivity (Wildman–Crippen MR) is 83.9 cm³/mol. The fourth-order valence-corrected chi connectivity index (χ4v) is 3.52. The van der Waals surface area contributed by atoms with Crippen molar-refractivity contribution in [2.75, 3.05) is 0 Å². The van der Waals surface area contributed by atoms with Crippen molar-refractivity contribution in [3.05, 3.63) is 33.8 Å². The van der Waals surface area contributed by atoms with Crippen molar-refractivity contribution in [3.8, 4) is 0 Å². The van der Waals surface area contributed by atoms with Gasteiger partial charge in [0.25, 0.3) is 0 Å². The summed E-state index contributed by atoms with van der Waals surface area (Å²) >= 11 is 12.0. The van der Waals surface area contributed by atoms with E-state index >= 15 is 0 Å². The Bertz CT molecular complexity index is 419. The lowest BCUT2D eigenvalue weighted by Gasteiger charge is -2.32. The molecule has 3 heteroatoms. The highest BCUT2D eigenvalue weighted by Gasteiger charge is 2.25. The van der Waals surface area contributed by atoms with Crippen molar-refractivity contribution in [2.45, 2.75) is 51.5 Å². The van der Waals surface area contributed by atoms with Crippen LogP contribution in [0.25, 0.3) is 0 Å². The molecule has 1 fully saturated rings. The van der Waals surface area contributed by atoms with E-state index in [1.54, 1.807) is 0 Å². The van der Waals surface area contributed by atoms with Gasteiger partial charge < -0.3 is 5.73 Å². The molecule has 2 rings (SSSR count). The third-order valence-electron chi connectivity index (χ3n) is 4.46. The van der Waals surface area contributed by atoms with Crippen LogP contribution in [-0.4, -0.2) is 6.04 Å². The zero-order chi connectivity index (χ0) is 13.8. The summed E-state index contributed by atoms with van der Waals surface area (Å²) < 4.78 is 0. The lowest BCUT2D eigenvalue weighted by atomic mass is 9.76. The van der Waals surface area contributed by atoms with Gasteiger partial charge in [-0.05, 0) is 48.8 Å². The quantitative estimate of drug-likeness (QED) is 0.824. The molecule has 0 aromatic heterocycles. The SMILES string of the molecule is CCC1CCCC(C(N)Cc2ccc(Cl)c(Cl)c2)C1. The summed E-state index contributed by atoms with van der Waals surface area (Å²) in [6, 6.07) is 6.09. The Labute approximate surface area is 126 Å². The molecule has 1 aromatic rings. The van der Waals surface area contributed by atoms with Crippen LogP contribution < -0.4 is 5.73 Å². The second-order valence-corrected chi connectivity index (χ2v) is 6.63. The fraction of sp³-hybridized carbons (Fsp3) is 0.625. The molecule has 3 unspecified atom stereocenters. The monoisotopic (exact) mass is 299 g/mol. The first-order chi connectivity index (χ1) is 9.10. The van der Waals surface area contributed by atoms with Crippen molar-refractivity contribution >= 4 is 23.2 Å². The van der Waals surface area contributed by atoms with Gasteiger partial charge in [-0.1, -0.05) is 55.5 Å². The standard InChI is InChI=1S/C16H23Cl2N/c1-2-11-4-3-5-13(8-11)16(19)10-12-6-7-14(17)15(18)9-12/h6-7,9,11,13,16H,2-5,8,10,19H2,1H3. The molecule has 19 heavy (non-hydrogen) atoms. The Balaban J connectivity index is 1.96. The molecular weight excluding hydrogens is 277 g/mol. The number of benzene rings is 1. The number of rotatable bonds is 4. The molecule has 0 radical (unpaired) electrons. The molecule has 0 amide bonds. The number of hydrogen-bond donors (Lipinski definition) is 1. The van der Waals surface area contributed by atoms with E-state index in [1.165, 1.54) is 37.7 Å². The molecule has 0 aliphatic heterocycles. The van der Waals surface area contributed by atoms with Crippen molar-refractivity contribution in [1.29, 1.82) is 0 Å². The third-order valence-corrected chi connectivity index (χ3v) is 5.20. The summed E-state index contributed by atoms with van der Waals surface area (Å²) in [5.74, 6) is 1.53. The van der Waals surface area contributed by atoms with Crippen LogP contribution in [0.2, 0.25) is 10.0 Å². The summed E-state index contributed by atoms with van der Waals surface area (Å²) in [5.41, 5.74) is 7.60. The minimum atomic E-state index is 0.242. The summed E-state index contributed by atoms with van der Waals surface area (Å²) in [5, 5.41) is 1.24. The highest BCUT2D eigenvalue weighted by atomic mass is 35.5. The molecule has 3 atom stereocenters. The first kappa shape index (κ1) is 15.2. The van der Waals surface area contributed by atoms with Gasteiger partial charge >= 0.3 is 0 Å². The molecule has 0 bridgehead atoms. The van der Waals surface area contributed by atoms with E-state index in [2.05, 4.69) is 6.92 Å². The van der Waals surface area contributed by atoms with Crippen LogP contribution in [0, 0.1) is 11.8 Å². The molecule has 1 aliphatic carbocycles. The average molecular weight is 300 g/mol. The number of nitrogens with two attached hydrogens (primary N) is 1. The van der Waals surface area contributed by atoms with E-state index < -0.39 is 0 Å². The largest absolute Gasteiger partial charge is 0.327 e. The van der Waals surface area contributed by atoms with E-state index in [9.17, 15) is 0 Å². The minimum absolute atomic E-state index is 0.242. The molecule has 1 aromatic carbocycles. The highest BCUT2D eigenvalue weighted by Crippen LogP contribution is 2.33. The molecule has 2 N–H and O–H groups in total. The first-order valence-corrected chi connectivity index (χ1v) is 8.05. The van der Waals surface area contributed by atoms with Gasteiger partial charge in [-0.2, -0.15) is 0 Å². The number of hydrogen-bond acceptors (Lipinski definition) is 1. The highest BCUT2D eigenvalue weighted by molar-refractivity contribution is 6.42. The van der Waals surface area contributed by atoms with Crippen LogP contribution in [0.1, 0.15) is 44.6 Å². The molecule has 106 valence electrons. The molecule has 0 spiro atoms. The summed E-state index contributed by atoms with van der Waals surface area (Å²) in [7, 11) is 0. The Morgan fingerprint density at radius 2 is 2.05 bits per heavy atom. The van der Waals surface area contributed by atoms with Crippen LogP contribution >= 0.6 is 23.2 Å². The van der Waals surface area contributed by atoms with Crippen molar-refractivity contribution in [1.82, 2.24) is 0 Å². The van der Waals surface area contributed by atoms with Gasteiger partial charge in [-0.15, -0.1) is 0 Å². The van der Waals surface area contributed by atoms with Crippen LogP contribution in [0.3, 0.4) is 0 Å². The molecule has 1 saturated carbocycles. The lowest BCUT2D eigenvalue weighted by Crippen LogP contribution is -2.35. The van der Waals surface area contributed by atoms with Gasteiger partial charge in [0.05, 0.1) is 10.0 Å². The lowest BCUT2D eigenvalue weighted by molar-refractivity contribution is 0.228. The van der Waals surface area contributed by atoms with E-state index in [1.807, 2.05) is 18.2 Å². The Morgan fingerprint density at radius 1 is 1.26 bits per heavy atom. The normalized spacial score (nSPS) is 25.3. The van der Waals surface area contributed by atoms with Crippen LogP contribution in [-0.2, 0) is 6.42 Å². The molecule has 0 heterocycles. The van der Waals surface area contributed by atoms with Gasteiger partial charge in [-0.3, -0.25) is 0 Å². The molecule has 0 saturated heterocycles. The van der Waals surface area contributed by atoms with Gasteiger partial charge in [-0.25, -0.2) is 0 Å². The summed E-state index contributed by atoms with van der Waals surface area (Å²) in [6.45, 7) is 2.29. The van der Waals surface area contributed by atoms with Gasteiger partial charge in [0.1, 0.15) is 0 Å². The maximum atomic E-state index is 6.41. The summed E-state index contributed by atoms with van der Waals surface area (Å²) in [4.78, 5) is 0. The molecule has 1 nitrogen and oxygen atoms in total. The summed E-state index contributed by atoms with van der Waals surface area (Å²) in [6.07, 6.45) is 7.47. The van der Waals surface area contributed by atoms with Crippen LogP contribution in [0.15, 0.2) is 18.2 Å². The minimum Gasteiger partial charge on any atom is -0.327 e. The van der Waals surface area contributed by atoms with E-state index in [0.717, 1.165) is 12.3 Å². The van der Waals surface area contributed by atoms with Gasteiger partial charge in [0, 0.05) is 6.04 Å². The topological polar surface area (TPSA) is 26.0 Å².